The molecule has 0 aliphatic carbocycles. The first kappa shape index (κ1) is 23.1. The van der Waals surface area contributed by atoms with Gasteiger partial charge >= 0.3 is 0 Å². The second-order valence-corrected chi connectivity index (χ2v) is 13.2. The van der Waals surface area contributed by atoms with E-state index in [0.717, 1.165) is 27.5 Å². The van der Waals surface area contributed by atoms with Crippen molar-refractivity contribution in [2.75, 3.05) is 5.75 Å². The molecule has 29 heavy (non-hydrogen) atoms. The number of benzene rings is 2. The van der Waals surface area contributed by atoms with Gasteiger partial charge in [0.05, 0.1) is 42.2 Å². The Labute approximate surface area is 189 Å². The van der Waals surface area contributed by atoms with Gasteiger partial charge in [0.1, 0.15) is 0 Å². The summed E-state index contributed by atoms with van der Waals surface area (Å²) < 4.78 is 17.6. The van der Waals surface area contributed by atoms with Crippen molar-refractivity contribution in [3.63, 3.8) is 0 Å². The standard InChI is InChI=1S/C22H29IN2O2S2/c1-15(2)10-17(12-21(26)19(24)11-16-6-4-3-5-7-16)14-29(27)18-8-9-20-22(13-18)28-23-25-20/h3-9,13,15,17,19,21,26H,10-12,14,24H2,1-2H3/t17?,19-,21+,29?/m0/s1. The van der Waals surface area contributed by atoms with Crippen LogP contribution in [0.4, 0.5) is 5.69 Å². The van der Waals surface area contributed by atoms with Gasteiger partial charge in [-0.3, -0.25) is 4.21 Å². The average molecular weight is 545 g/mol. The molecule has 1 heterocycles. The number of hydrogen-bond donors (Lipinski definition) is 2. The first-order chi connectivity index (χ1) is 13.9. The number of aliphatic hydroxyl groups excluding tert-OH is 1. The summed E-state index contributed by atoms with van der Waals surface area (Å²) in [4.78, 5) is 2.03. The van der Waals surface area contributed by atoms with Crippen LogP contribution in [0, 0.1) is 11.8 Å². The van der Waals surface area contributed by atoms with Crippen LogP contribution in [-0.4, -0.2) is 27.2 Å². The average Bonchev–Trinajstić information content (AvgIpc) is 3.16. The maximum Gasteiger partial charge on any atom is 0.0842 e. The van der Waals surface area contributed by atoms with Gasteiger partial charge in [0.2, 0.25) is 0 Å². The molecule has 4 atom stereocenters. The second-order valence-electron chi connectivity index (χ2n) is 8.02. The van der Waals surface area contributed by atoms with Crippen molar-refractivity contribution < 1.29 is 9.32 Å². The van der Waals surface area contributed by atoms with Gasteiger partial charge in [-0.1, -0.05) is 44.2 Å². The van der Waals surface area contributed by atoms with Crippen molar-refractivity contribution in [1.82, 2.24) is 0 Å². The van der Waals surface area contributed by atoms with E-state index in [-0.39, 0.29) is 31.6 Å². The predicted octanol–water partition coefficient (Wildman–Crippen LogP) is 5.58. The lowest BCUT2D eigenvalue weighted by molar-refractivity contribution is 0.114. The molecule has 3 rings (SSSR count). The zero-order valence-corrected chi connectivity index (χ0v) is 20.6. The molecule has 158 valence electrons. The SMILES string of the molecule is CC(C)CC(C[C@@H](O)[C@@H](N)Cc1ccccc1)CS(=O)c1ccc2c(c1)SI=N2. The molecule has 7 heteroatoms. The largest absolute Gasteiger partial charge is 0.391 e. The summed E-state index contributed by atoms with van der Waals surface area (Å²) in [5.41, 5.74) is 8.47. The molecular formula is C22H29IN2O2S2. The third-order valence-electron chi connectivity index (χ3n) is 5.01. The highest BCUT2D eigenvalue weighted by molar-refractivity contribution is 14.2. The third kappa shape index (κ3) is 6.95. The highest BCUT2D eigenvalue weighted by atomic mass is 127. The van der Waals surface area contributed by atoms with Crippen molar-refractivity contribution >= 4 is 45.1 Å². The number of halogens is 1. The third-order valence-corrected chi connectivity index (χ3v) is 10.3. The van der Waals surface area contributed by atoms with Crippen molar-refractivity contribution in [2.45, 2.75) is 55.0 Å². The Morgan fingerprint density at radius 3 is 2.66 bits per heavy atom. The summed E-state index contributed by atoms with van der Waals surface area (Å²) in [6.07, 6.45) is 1.56. The Kier molecular flexibility index (Phi) is 8.85. The molecular weight excluding hydrogens is 515 g/mol. The van der Waals surface area contributed by atoms with E-state index in [0.29, 0.717) is 24.5 Å². The molecule has 4 nitrogen and oxygen atoms in total. The van der Waals surface area contributed by atoms with Gasteiger partial charge in [0.15, 0.2) is 0 Å². The molecule has 0 saturated heterocycles. The molecule has 2 aromatic carbocycles. The number of rotatable bonds is 10. The van der Waals surface area contributed by atoms with Gasteiger partial charge in [0, 0.05) is 21.6 Å². The highest BCUT2D eigenvalue weighted by Gasteiger charge is 2.24. The lowest BCUT2D eigenvalue weighted by Gasteiger charge is -2.25. The molecule has 2 unspecified atom stereocenters. The van der Waals surface area contributed by atoms with Crippen LogP contribution in [0.1, 0.15) is 32.3 Å². The summed E-state index contributed by atoms with van der Waals surface area (Å²) in [6.45, 7) is 4.34. The highest BCUT2D eigenvalue weighted by Crippen LogP contribution is 2.48. The van der Waals surface area contributed by atoms with Crippen LogP contribution >= 0.6 is 28.6 Å². The predicted molar refractivity (Wildman–Crippen MR) is 131 cm³/mol. The Morgan fingerprint density at radius 1 is 1.17 bits per heavy atom. The van der Waals surface area contributed by atoms with Crippen LogP contribution in [0.2, 0.25) is 0 Å². The first-order valence-electron chi connectivity index (χ1n) is 9.94. The Hall–Kier alpha value is -0.610. The number of nitrogens with two attached hydrogens (primary N) is 1. The normalized spacial score (nSPS) is 17.4. The first-order valence-corrected chi connectivity index (χ1v) is 15.6. The fourth-order valence-corrected chi connectivity index (χ4v) is 8.80. The van der Waals surface area contributed by atoms with Crippen LogP contribution < -0.4 is 5.73 Å². The van der Waals surface area contributed by atoms with Gasteiger partial charge in [0.25, 0.3) is 0 Å². The summed E-state index contributed by atoms with van der Waals surface area (Å²) in [5, 5.41) is 10.7. The van der Waals surface area contributed by atoms with Gasteiger partial charge in [-0.25, -0.2) is 3.15 Å². The van der Waals surface area contributed by atoms with E-state index < -0.39 is 16.9 Å². The van der Waals surface area contributed by atoms with Crippen molar-refractivity contribution in [3.8, 4) is 0 Å². The Morgan fingerprint density at radius 2 is 1.93 bits per heavy atom. The monoisotopic (exact) mass is 544 g/mol. The molecule has 0 spiro atoms. The van der Waals surface area contributed by atoms with E-state index in [2.05, 4.69) is 17.0 Å². The molecule has 2 aromatic rings. The quantitative estimate of drug-likeness (QED) is 0.383. The number of hydrogen-bond acceptors (Lipinski definition) is 5. The van der Waals surface area contributed by atoms with E-state index in [4.69, 9.17) is 5.73 Å². The van der Waals surface area contributed by atoms with E-state index >= 15 is 0 Å². The van der Waals surface area contributed by atoms with Crippen LogP contribution in [0.5, 0.6) is 0 Å². The van der Waals surface area contributed by atoms with Crippen molar-refractivity contribution in [1.29, 1.82) is 0 Å². The van der Waals surface area contributed by atoms with Crippen LogP contribution in [0.15, 0.2) is 61.5 Å². The summed E-state index contributed by atoms with van der Waals surface area (Å²) in [6, 6.07) is 15.7. The summed E-state index contributed by atoms with van der Waals surface area (Å²) in [7, 11) is 0.712. The smallest absolute Gasteiger partial charge is 0.0842 e. The maximum atomic E-state index is 13.0. The zero-order chi connectivity index (χ0) is 20.8. The van der Waals surface area contributed by atoms with Gasteiger partial charge in [-0.15, -0.1) is 0 Å². The summed E-state index contributed by atoms with van der Waals surface area (Å²) >= 11 is -0.195. The van der Waals surface area contributed by atoms with E-state index in [1.54, 1.807) is 8.93 Å². The molecule has 0 radical (unpaired) electrons. The molecule has 1 aliphatic rings. The van der Waals surface area contributed by atoms with Crippen molar-refractivity contribution in [2.24, 2.45) is 20.7 Å². The molecule has 1 aliphatic heterocycles. The van der Waals surface area contributed by atoms with E-state index in [1.807, 2.05) is 48.5 Å². The van der Waals surface area contributed by atoms with Crippen LogP contribution in [-0.2, 0) is 17.2 Å². The summed E-state index contributed by atoms with van der Waals surface area (Å²) in [5.74, 6) is 1.21. The maximum absolute atomic E-state index is 13.0. The van der Waals surface area contributed by atoms with E-state index in [9.17, 15) is 9.32 Å². The van der Waals surface area contributed by atoms with Gasteiger partial charge in [-0.2, -0.15) is 0 Å². The number of aliphatic hydroxyl groups is 1. The molecule has 0 fully saturated rings. The molecule has 0 aromatic heterocycles. The van der Waals surface area contributed by atoms with Gasteiger partial charge < -0.3 is 10.8 Å². The van der Waals surface area contributed by atoms with Gasteiger partial charge in [-0.05, 0) is 63.8 Å². The topological polar surface area (TPSA) is 75.7 Å². The number of nitrogens with zero attached hydrogens (tertiary/aromatic N) is 1. The number of fused-ring (bicyclic) bond motifs is 1. The second kappa shape index (κ2) is 11.1. The molecule has 0 amide bonds. The Balaban J connectivity index is 1.62. The minimum absolute atomic E-state index is 0.172. The fraction of sp³-hybridized carbons (Fsp3) is 0.455. The molecule has 0 bridgehead atoms. The molecule has 0 saturated carbocycles. The van der Waals surface area contributed by atoms with Crippen LogP contribution in [0.3, 0.4) is 0 Å². The lowest BCUT2D eigenvalue weighted by atomic mass is 9.90. The van der Waals surface area contributed by atoms with Crippen LogP contribution in [0.25, 0.3) is 0 Å². The van der Waals surface area contributed by atoms with Crippen molar-refractivity contribution in [3.05, 3.63) is 54.1 Å². The minimum Gasteiger partial charge on any atom is -0.391 e. The minimum atomic E-state index is -1.08. The lowest BCUT2D eigenvalue weighted by Crippen LogP contribution is -2.38. The zero-order valence-electron chi connectivity index (χ0n) is 16.8. The molecule has 3 N–H and O–H groups in total. The Bertz CT molecular complexity index is 861. The van der Waals surface area contributed by atoms with E-state index in [1.165, 1.54) is 0 Å². The fourth-order valence-electron chi connectivity index (χ4n) is 3.61.